The number of Topliss-reactive ketones (excluding diaryl/α,β-unsaturated/α-hetero) is 4. The van der Waals surface area contributed by atoms with Crippen LogP contribution in [0.3, 0.4) is 0 Å². The second kappa shape index (κ2) is 11.3. The molecule has 10 unspecified atom stereocenters. The smallest absolute Gasteiger partial charge is 0.143 e. The Kier molecular flexibility index (Phi) is 7.64. The van der Waals surface area contributed by atoms with Gasteiger partial charge in [-0.3, -0.25) is 19.2 Å². The van der Waals surface area contributed by atoms with Gasteiger partial charge in [0.15, 0.2) is 0 Å². The zero-order valence-corrected chi connectivity index (χ0v) is 22.7. The molecule has 0 aromatic rings. The Labute approximate surface area is 223 Å². The number of rotatable bonds is 11. The first kappa shape index (κ1) is 24.4. The maximum absolute atomic E-state index is 13.1. The number of carbonyl (C=O) groups is 4. The Hall–Kier alpha value is -0.595. The van der Waals surface area contributed by atoms with Crippen LogP contribution in [-0.2, 0) is 32.8 Å². The van der Waals surface area contributed by atoms with E-state index in [0.29, 0.717) is 32.7 Å². The summed E-state index contributed by atoms with van der Waals surface area (Å²) in [5, 5.41) is 0. The molecule has 5 aliphatic carbocycles. The maximum Gasteiger partial charge on any atom is 0.143 e. The molecule has 0 saturated heterocycles. The zero-order valence-electron chi connectivity index (χ0n) is 23.0. The number of methoxy groups -OCH3 is 2. The molecule has 7 nitrogen and oxygen atoms in total. The molecular weight excluding hydrogens is 498 g/mol. The standard InChI is InChI=1S/C26H37BO7PS/c1-32-10-19-15-5-17(23(30)7-21(15)28)25(19)12-3-13(9-34-36-35-27)14(4-12)26-18-6-16(20(26)11-33-2)22(29)8-24(18)31/h12-20,25-27,35H,3-11H2,1-2H3/t12?,13?,14?,15?,16?,17?,18?,19?,20?,25-,26+,35?/m0/s1/i27T,35D. The summed E-state index contributed by atoms with van der Waals surface area (Å²) in [7, 11) is 2.94. The monoisotopic (exact) mass is 538 g/mol. The Morgan fingerprint density at radius 3 is 2.00 bits per heavy atom. The third kappa shape index (κ3) is 4.70. The average molecular weight is 538 g/mol. The van der Waals surface area contributed by atoms with Gasteiger partial charge >= 0.3 is 0 Å². The van der Waals surface area contributed by atoms with Gasteiger partial charge < -0.3 is 13.7 Å². The average Bonchev–Trinajstić information content (AvgIpc) is 3.54. The van der Waals surface area contributed by atoms with Gasteiger partial charge in [0.2, 0.25) is 0 Å². The van der Waals surface area contributed by atoms with Crippen LogP contribution < -0.4 is 0 Å². The second-order valence-electron chi connectivity index (χ2n) is 11.6. The lowest BCUT2D eigenvalue weighted by Crippen LogP contribution is -2.33. The van der Waals surface area contributed by atoms with E-state index in [1.165, 1.54) is 0 Å². The molecule has 0 aromatic heterocycles. The van der Waals surface area contributed by atoms with Gasteiger partial charge in [0.1, 0.15) is 30.7 Å². The Bertz CT molecular complexity index is 959. The molecule has 5 fully saturated rings. The first-order valence-corrected chi connectivity index (χ1v) is 15.5. The zero-order chi connectivity index (χ0) is 27.1. The van der Waals surface area contributed by atoms with Crippen LogP contribution in [0, 0.1) is 65.1 Å². The molecule has 12 atom stereocenters. The Balaban J connectivity index is 1.44. The van der Waals surface area contributed by atoms with Crippen molar-refractivity contribution in [2.75, 3.05) is 34.0 Å². The number of fused-ring (bicyclic) bond motifs is 4. The molecule has 36 heavy (non-hydrogen) atoms. The molecule has 5 saturated carbocycles. The van der Waals surface area contributed by atoms with Crippen molar-refractivity contribution in [1.29, 1.82) is 2.61 Å². The molecule has 0 amide bonds. The molecule has 0 aliphatic heterocycles. The van der Waals surface area contributed by atoms with Crippen molar-refractivity contribution in [3.63, 3.8) is 0 Å². The molecule has 5 rings (SSSR count). The van der Waals surface area contributed by atoms with Gasteiger partial charge in [-0.05, 0) is 68.4 Å². The molecule has 0 heterocycles. The fourth-order valence-electron chi connectivity index (χ4n) is 9.11. The van der Waals surface area contributed by atoms with Crippen LogP contribution in [0.1, 0.15) is 38.5 Å². The fourth-order valence-corrected chi connectivity index (χ4v) is 9.77. The summed E-state index contributed by atoms with van der Waals surface area (Å²) < 4.78 is 32.3. The maximum atomic E-state index is 13.1. The minimum Gasteiger partial charge on any atom is -0.384 e. The highest BCUT2D eigenvalue weighted by Gasteiger charge is 2.60. The van der Waals surface area contributed by atoms with Gasteiger partial charge in [-0.15, -0.1) is 0 Å². The van der Waals surface area contributed by atoms with Gasteiger partial charge in [0.05, 0.1) is 20.7 Å². The Morgan fingerprint density at radius 2 is 1.42 bits per heavy atom. The molecule has 4 bridgehead atoms. The fraction of sp³-hybridized carbons (Fsp3) is 0.846. The van der Waals surface area contributed by atoms with Crippen LogP contribution in [0.5, 0.6) is 0 Å². The lowest BCUT2D eigenvalue weighted by atomic mass is 9.72. The highest BCUT2D eigenvalue weighted by molar-refractivity contribution is 8.53. The van der Waals surface area contributed by atoms with Gasteiger partial charge in [-0.2, -0.15) is 0 Å². The largest absolute Gasteiger partial charge is 0.384 e. The molecule has 0 spiro atoms. The minimum atomic E-state index is -1.44. The SMILES string of the molecule is [2H]P([B][3H])SOCC1CC([C@H]2C3CC(C(=O)CC3=O)C2COC)CC1[C@@H]1C2CC(C(=O)CC2=O)C1COC. The molecule has 0 N–H and O–H groups in total. The summed E-state index contributed by atoms with van der Waals surface area (Å²) in [5.74, 6) is 0.113. The number of ether oxygens (including phenoxy) is 2. The van der Waals surface area contributed by atoms with E-state index in [9.17, 15) is 19.2 Å². The first-order valence-electron chi connectivity index (χ1n) is 14.2. The van der Waals surface area contributed by atoms with Crippen molar-refractivity contribution in [1.82, 2.24) is 0 Å². The lowest BCUT2D eigenvalue weighted by molar-refractivity contribution is -0.135. The summed E-state index contributed by atoms with van der Waals surface area (Å²) in [6.07, 6.45) is 2.89. The number of ketones is 4. The van der Waals surface area contributed by atoms with Crippen molar-refractivity contribution in [2.24, 2.45) is 65.1 Å². The molecule has 197 valence electrons. The highest BCUT2D eigenvalue weighted by Crippen LogP contribution is 2.60. The van der Waals surface area contributed by atoms with E-state index in [1.54, 1.807) is 14.2 Å². The third-order valence-electron chi connectivity index (χ3n) is 10.2. The van der Waals surface area contributed by atoms with Gasteiger partial charge in [0, 0.05) is 62.8 Å². The number of carbonyl (C=O) groups excluding carboxylic acids is 4. The van der Waals surface area contributed by atoms with Crippen molar-refractivity contribution in [3.05, 3.63) is 0 Å². The van der Waals surface area contributed by atoms with Crippen LogP contribution in [0.25, 0.3) is 0 Å². The molecule has 0 aromatic carbocycles. The van der Waals surface area contributed by atoms with Crippen LogP contribution in [-0.4, -0.2) is 67.3 Å². The molecule has 1 radical (unpaired) electrons. The van der Waals surface area contributed by atoms with Crippen molar-refractivity contribution in [2.45, 2.75) is 38.5 Å². The summed E-state index contributed by atoms with van der Waals surface area (Å²) in [6, 6.07) is 0. The normalized spacial score (nSPS) is 45.7. The number of hydrogen-bond donors (Lipinski definition) is 0. The van der Waals surface area contributed by atoms with Gasteiger partial charge in [-0.25, -0.2) is 0 Å². The highest BCUT2D eigenvalue weighted by atomic mass is 32.7. The van der Waals surface area contributed by atoms with Crippen LogP contribution in [0.15, 0.2) is 0 Å². The molecular formula is C26H37BO7PS. The molecule has 10 heteroatoms. The summed E-state index contributed by atoms with van der Waals surface area (Å²) in [5.41, 5.74) is 0. The lowest BCUT2D eigenvalue weighted by Gasteiger charge is -2.33. The van der Waals surface area contributed by atoms with E-state index in [1.807, 2.05) is 0 Å². The predicted octanol–water partition coefficient (Wildman–Crippen LogP) is 2.82. The van der Waals surface area contributed by atoms with Gasteiger partial charge in [-0.1, -0.05) is 7.61 Å². The Morgan fingerprint density at radius 1 is 0.861 bits per heavy atom. The van der Waals surface area contributed by atoms with Crippen LogP contribution in [0.2, 0.25) is 0 Å². The topological polar surface area (TPSA) is 96.0 Å². The quantitative estimate of drug-likeness (QED) is 0.172. The summed E-state index contributed by atoms with van der Waals surface area (Å²) in [4.78, 5) is 51.7. The second-order valence-corrected chi connectivity index (χ2v) is 13.3. The first-order chi connectivity index (χ1) is 18.3. The van der Waals surface area contributed by atoms with Crippen molar-refractivity contribution >= 4 is 49.9 Å². The van der Waals surface area contributed by atoms with Crippen molar-refractivity contribution in [3.8, 4) is 0 Å². The van der Waals surface area contributed by atoms with Crippen LogP contribution in [0.4, 0.5) is 0 Å². The predicted molar refractivity (Wildman–Crippen MR) is 139 cm³/mol. The van der Waals surface area contributed by atoms with Gasteiger partial charge in [0.25, 0.3) is 0 Å². The van der Waals surface area contributed by atoms with E-state index < -0.39 is 7.61 Å². The summed E-state index contributed by atoms with van der Waals surface area (Å²) >= 11 is 1.02. The van der Waals surface area contributed by atoms with Crippen molar-refractivity contribution < 1.29 is 32.8 Å². The van der Waals surface area contributed by atoms with Crippen LogP contribution >= 0.6 is 19.3 Å². The number of hydrogen-bond acceptors (Lipinski definition) is 8. The summed E-state index contributed by atoms with van der Waals surface area (Å²) in [6.45, 7) is 1.29. The van der Waals surface area contributed by atoms with E-state index in [-0.39, 0.29) is 101 Å². The minimum absolute atomic E-state index is 0.0145. The third-order valence-corrected chi connectivity index (χ3v) is 11.1. The van der Waals surface area contributed by atoms with E-state index in [2.05, 4.69) is 0 Å². The van der Waals surface area contributed by atoms with E-state index >= 15 is 0 Å². The van der Waals surface area contributed by atoms with E-state index in [4.69, 9.17) is 16.3 Å². The molecule has 5 aliphatic rings. The van der Waals surface area contributed by atoms with E-state index in [0.717, 1.165) is 32.0 Å².